The Balaban J connectivity index is 0.00000441. The maximum atomic E-state index is 12.2. The molecule has 0 fully saturated rings. The SMILES string of the molecule is CC(C)(C)c1ccc2c3nc4nc(nc5[n-]c(nc6nc(nc([n-]3)c2c1)-c1ccc(C(=O)O)cc1-6)c1cccc(C(C)(C)C)c51)-c1c-4cccc1C(C)(C)C.[Zn+2]. The number of fused-ring (bicyclic) bond motifs is 20. The monoisotopic (exact) mass is 788 g/mol. The van der Waals surface area contributed by atoms with Gasteiger partial charge in [0.25, 0.3) is 0 Å². The van der Waals surface area contributed by atoms with Gasteiger partial charge in [-0.1, -0.05) is 117 Å². The molecule has 3 aromatic heterocycles. The van der Waals surface area contributed by atoms with Gasteiger partial charge in [0.2, 0.25) is 0 Å². The van der Waals surface area contributed by atoms with Crippen LogP contribution in [0.5, 0.6) is 0 Å². The van der Waals surface area contributed by atoms with Gasteiger partial charge in [0.05, 0.1) is 28.9 Å². The third-order valence-electron chi connectivity index (χ3n) is 10.5. The van der Waals surface area contributed by atoms with E-state index in [-0.39, 0.29) is 41.3 Å². The zero-order valence-corrected chi connectivity index (χ0v) is 36.0. The molecule has 5 heterocycles. The number of hydrogen-bond acceptors (Lipinski definition) is 7. The van der Waals surface area contributed by atoms with Crippen molar-refractivity contribution in [3.63, 3.8) is 0 Å². The Hall–Kier alpha value is -5.67. The van der Waals surface area contributed by atoms with E-state index < -0.39 is 5.97 Å². The molecule has 0 spiro atoms. The summed E-state index contributed by atoms with van der Waals surface area (Å²) in [5.41, 5.74) is 7.58. The quantitative estimate of drug-likeness (QED) is 0.160. The summed E-state index contributed by atoms with van der Waals surface area (Å²) in [6.07, 6.45) is 0. The maximum absolute atomic E-state index is 12.2. The second-order valence-electron chi connectivity index (χ2n) is 17.5. The molecule has 8 bridgehead atoms. The van der Waals surface area contributed by atoms with Gasteiger partial charge in [-0.15, -0.1) is 0 Å². The standard InChI is InChI=1S/C45H41N8O2.Zn/c1-43(2,3)23-17-19-25-29(21-23)39-48-34-24-18-16-22(42(54)55)20-28(24)38(47-34)50-37-27-13-11-15-31(45(7,8)9)33(27)41(52-37)53-40-32-26(36(51-40)46-35(25)49-39)12-10-14-30(32)44(4,5)6;/h10-21H,1-9H3,(H2-,46,47,48,49,50,51,52,53,54,55);/q-1;+2/p-1. The van der Waals surface area contributed by atoms with Crippen molar-refractivity contribution in [1.82, 2.24) is 39.9 Å². The van der Waals surface area contributed by atoms with E-state index in [0.717, 1.165) is 49.4 Å². The average molecular weight is 790 g/mol. The zero-order valence-electron chi connectivity index (χ0n) is 33.1. The van der Waals surface area contributed by atoms with Crippen molar-refractivity contribution in [2.45, 2.75) is 78.6 Å². The van der Waals surface area contributed by atoms with E-state index in [9.17, 15) is 9.90 Å². The molecule has 0 radical (unpaired) electrons. The number of aromatic carboxylic acids is 1. The van der Waals surface area contributed by atoms with Crippen molar-refractivity contribution in [2.75, 3.05) is 0 Å². The first-order valence-corrected chi connectivity index (χ1v) is 18.5. The van der Waals surface area contributed by atoms with Crippen LogP contribution in [0, 0.1) is 0 Å². The molecule has 2 aliphatic rings. The zero-order chi connectivity index (χ0) is 38.8. The Kier molecular flexibility index (Phi) is 8.44. The Morgan fingerprint density at radius 3 is 1.77 bits per heavy atom. The van der Waals surface area contributed by atoms with Crippen LogP contribution in [0.1, 0.15) is 89.4 Å². The molecule has 1 N–H and O–H groups in total. The number of carbonyl (C=O) groups is 1. The molecule has 11 heteroatoms. The minimum absolute atomic E-state index is 0. The molecule has 0 amide bonds. The molecule has 0 atom stereocenters. The molecule has 0 unspecified atom stereocenters. The summed E-state index contributed by atoms with van der Waals surface area (Å²) in [5, 5.41) is 13.3. The molecule has 7 aromatic rings. The first-order valence-electron chi connectivity index (χ1n) is 18.5. The fourth-order valence-corrected chi connectivity index (χ4v) is 7.61. The van der Waals surface area contributed by atoms with Crippen molar-refractivity contribution in [2.24, 2.45) is 0 Å². The number of carboxylic acids is 1. The van der Waals surface area contributed by atoms with Crippen molar-refractivity contribution < 1.29 is 29.4 Å². The van der Waals surface area contributed by atoms with E-state index >= 15 is 0 Å². The van der Waals surface area contributed by atoms with Crippen LogP contribution in [-0.4, -0.2) is 41.0 Å². The molecule has 274 valence electrons. The second kappa shape index (κ2) is 12.7. The Morgan fingerprint density at radius 1 is 0.518 bits per heavy atom. The number of rotatable bonds is 1. The van der Waals surface area contributed by atoms with Gasteiger partial charge in [-0.2, -0.15) is 0 Å². The summed E-state index contributed by atoms with van der Waals surface area (Å²) < 4.78 is 0. The number of carboxylic acid groups (broad SMARTS) is 1. The van der Waals surface area contributed by atoms with E-state index in [2.05, 4.69) is 92.6 Å². The first kappa shape index (κ1) is 37.3. The van der Waals surface area contributed by atoms with Gasteiger partial charge >= 0.3 is 25.4 Å². The van der Waals surface area contributed by atoms with Gasteiger partial charge in [-0.3, -0.25) is 0 Å². The van der Waals surface area contributed by atoms with Crippen molar-refractivity contribution in [3.8, 4) is 45.6 Å². The van der Waals surface area contributed by atoms with Gasteiger partial charge in [0, 0.05) is 44.8 Å². The van der Waals surface area contributed by atoms with Crippen LogP contribution in [0.4, 0.5) is 0 Å². The van der Waals surface area contributed by atoms with E-state index in [0.29, 0.717) is 57.0 Å². The molecular weight excluding hydrogens is 750 g/mol. The second-order valence-corrected chi connectivity index (χ2v) is 17.5. The van der Waals surface area contributed by atoms with E-state index in [1.165, 1.54) is 0 Å². The molecule has 56 heavy (non-hydrogen) atoms. The van der Waals surface area contributed by atoms with E-state index in [4.69, 9.17) is 39.9 Å². The van der Waals surface area contributed by atoms with Crippen LogP contribution in [0.15, 0.2) is 72.8 Å². The summed E-state index contributed by atoms with van der Waals surface area (Å²) in [6, 6.07) is 23.5. The normalized spacial score (nSPS) is 12.7. The van der Waals surface area contributed by atoms with Crippen LogP contribution in [-0.2, 0) is 35.7 Å². The molecule has 0 aliphatic carbocycles. The summed E-state index contributed by atoms with van der Waals surface area (Å²) in [5.74, 6) is 0.653. The molecule has 4 aromatic carbocycles. The minimum Gasteiger partial charge on any atom is -0.478 e. The fraction of sp³-hybridized carbons (Fsp3) is 0.267. The number of aromatic nitrogens is 8. The van der Waals surface area contributed by atoms with Crippen molar-refractivity contribution >= 4 is 50.1 Å². The fourth-order valence-electron chi connectivity index (χ4n) is 7.61. The van der Waals surface area contributed by atoms with Crippen LogP contribution in [0.2, 0.25) is 0 Å². The molecule has 9 rings (SSSR count). The minimum atomic E-state index is -1.05. The smallest absolute Gasteiger partial charge is 0.478 e. The van der Waals surface area contributed by atoms with Crippen LogP contribution in [0.3, 0.4) is 0 Å². The number of benzene rings is 4. The Morgan fingerprint density at radius 2 is 1.09 bits per heavy atom. The summed E-state index contributed by atoms with van der Waals surface area (Å²) in [4.78, 5) is 53.1. The maximum Gasteiger partial charge on any atom is 2.00 e. The van der Waals surface area contributed by atoms with Gasteiger partial charge in [0.15, 0.2) is 0 Å². The third-order valence-corrected chi connectivity index (χ3v) is 10.5. The number of nitrogens with zero attached hydrogens (tertiary/aromatic N) is 8. The van der Waals surface area contributed by atoms with Gasteiger partial charge in [-0.25, -0.2) is 14.8 Å². The van der Waals surface area contributed by atoms with Crippen molar-refractivity contribution in [1.29, 1.82) is 0 Å². The third kappa shape index (κ3) is 6.00. The van der Waals surface area contributed by atoms with Crippen LogP contribution in [0.25, 0.3) is 89.7 Å². The molecule has 2 aliphatic heterocycles. The predicted octanol–water partition coefficient (Wildman–Crippen LogP) is 9.72. The average Bonchev–Trinajstić information content (AvgIpc) is 3.85. The van der Waals surface area contributed by atoms with Crippen LogP contribution < -0.4 is 9.97 Å². The summed E-state index contributed by atoms with van der Waals surface area (Å²) >= 11 is 0. The Labute approximate surface area is 337 Å². The summed E-state index contributed by atoms with van der Waals surface area (Å²) in [7, 11) is 0. The largest absolute Gasteiger partial charge is 2.00 e. The van der Waals surface area contributed by atoms with Gasteiger partial charge < -0.3 is 35.0 Å². The van der Waals surface area contributed by atoms with Gasteiger partial charge in [0.1, 0.15) is 0 Å². The molecule has 0 saturated heterocycles. The van der Waals surface area contributed by atoms with Crippen LogP contribution >= 0.6 is 0 Å². The van der Waals surface area contributed by atoms with Gasteiger partial charge in [-0.05, 0) is 72.7 Å². The van der Waals surface area contributed by atoms with E-state index in [1.807, 2.05) is 24.3 Å². The molecular formula is C45H40N8O2Zn. The predicted molar refractivity (Wildman–Crippen MR) is 217 cm³/mol. The molecule has 0 saturated carbocycles. The molecule has 10 nitrogen and oxygen atoms in total. The van der Waals surface area contributed by atoms with E-state index in [1.54, 1.807) is 18.2 Å². The first-order chi connectivity index (χ1) is 26.0. The number of hydrogen-bond donors (Lipinski definition) is 1. The Bertz CT molecular complexity index is 2980. The van der Waals surface area contributed by atoms with Crippen molar-refractivity contribution in [3.05, 3.63) is 95.1 Å². The summed E-state index contributed by atoms with van der Waals surface area (Å²) in [6.45, 7) is 19.6. The topological polar surface area (TPSA) is 143 Å².